The number of aliphatic carboxylic acids is 2. The van der Waals surface area contributed by atoms with Crippen molar-refractivity contribution in [3.05, 3.63) is 110 Å². The van der Waals surface area contributed by atoms with Crippen molar-refractivity contribution >= 4 is 17.6 Å². The summed E-state index contributed by atoms with van der Waals surface area (Å²) in [5.74, 6) is -2.29. The Morgan fingerprint density at radius 2 is 1.19 bits per heavy atom. The molecule has 0 radical (unpaired) electrons. The summed E-state index contributed by atoms with van der Waals surface area (Å²) in [7, 11) is 0. The van der Waals surface area contributed by atoms with Gasteiger partial charge in [0.2, 0.25) is 0 Å². The van der Waals surface area contributed by atoms with Crippen molar-refractivity contribution in [3.63, 3.8) is 0 Å². The molecule has 0 aromatic heterocycles. The van der Waals surface area contributed by atoms with E-state index >= 15 is 0 Å². The van der Waals surface area contributed by atoms with Gasteiger partial charge in [-0.05, 0) is 49.2 Å². The molecular formula is C27H22F9NO6. The van der Waals surface area contributed by atoms with Crippen LogP contribution in [0, 0.1) is 24.0 Å². The van der Waals surface area contributed by atoms with Crippen LogP contribution in [0.5, 0.6) is 0 Å². The molecular weight excluding hydrogens is 605 g/mol. The van der Waals surface area contributed by atoms with Gasteiger partial charge in [0.05, 0.1) is 28.9 Å². The van der Waals surface area contributed by atoms with Crippen molar-refractivity contribution in [2.24, 2.45) is 0 Å². The van der Waals surface area contributed by atoms with Gasteiger partial charge in [0.1, 0.15) is 5.56 Å². The van der Waals surface area contributed by atoms with E-state index in [1.807, 2.05) is 0 Å². The summed E-state index contributed by atoms with van der Waals surface area (Å²) < 4.78 is 110. The zero-order valence-electron chi connectivity index (χ0n) is 22.1. The fraction of sp³-hybridized carbons (Fsp3) is 0.259. The SMILES string of the molecule is Cc1cc(CC(=O)O)cc(C(F)(F)F)c1.Cc1cccc(C(F)(F)F)c1[N+](=O)[O-].O=C(O)Cc1cccc(C(F)(F)F)c1. The molecule has 3 aromatic rings. The highest BCUT2D eigenvalue weighted by atomic mass is 19.4. The summed E-state index contributed by atoms with van der Waals surface area (Å²) in [6, 6.07) is 10.7. The summed E-state index contributed by atoms with van der Waals surface area (Å²) >= 11 is 0. The Hall–Kier alpha value is -4.63. The number of aryl methyl sites for hydroxylation is 2. The highest BCUT2D eigenvalue weighted by molar-refractivity contribution is 5.70. The summed E-state index contributed by atoms with van der Waals surface area (Å²) in [4.78, 5) is 30.0. The van der Waals surface area contributed by atoms with Gasteiger partial charge in [0, 0.05) is 5.56 Å². The molecule has 0 saturated carbocycles. The first-order chi connectivity index (χ1) is 19.5. The van der Waals surface area contributed by atoms with E-state index in [0.29, 0.717) is 11.6 Å². The minimum Gasteiger partial charge on any atom is -0.481 e. The van der Waals surface area contributed by atoms with E-state index in [1.165, 1.54) is 38.1 Å². The Morgan fingerprint density at radius 1 is 0.698 bits per heavy atom. The molecule has 0 fully saturated rings. The molecule has 234 valence electrons. The normalized spacial score (nSPS) is 11.4. The van der Waals surface area contributed by atoms with Crippen molar-refractivity contribution < 1.29 is 64.2 Å². The first-order valence-corrected chi connectivity index (χ1v) is 11.6. The largest absolute Gasteiger partial charge is 0.481 e. The summed E-state index contributed by atoms with van der Waals surface area (Å²) in [6.45, 7) is 2.77. The van der Waals surface area contributed by atoms with Crippen molar-refractivity contribution in [1.29, 1.82) is 0 Å². The molecule has 0 unspecified atom stereocenters. The van der Waals surface area contributed by atoms with Crippen LogP contribution in [0.3, 0.4) is 0 Å². The van der Waals surface area contributed by atoms with Gasteiger partial charge < -0.3 is 10.2 Å². The molecule has 0 aliphatic heterocycles. The van der Waals surface area contributed by atoms with Crippen molar-refractivity contribution in [2.75, 3.05) is 0 Å². The third-order valence-electron chi connectivity index (χ3n) is 5.16. The maximum atomic E-state index is 12.3. The monoisotopic (exact) mass is 627 g/mol. The van der Waals surface area contributed by atoms with E-state index in [2.05, 4.69) is 0 Å². The number of alkyl halides is 9. The molecule has 3 rings (SSSR count). The lowest BCUT2D eigenvalue weighted by molar-refractivity contribution is -0.388. The van der Waals surface area contributed by atoms with Crippen molar-refractivity contribution in [1.82, 2.24) is 0 Å². The number of carbonyl (C=O) groups is 2. The first kappa shape index (κ1) is 36.4. The summed E-state index contributed by atoms with van der Waals surface area (Å²) in [5.41, 5.74) is -2.99. The minimum atomic E-state index is -4.69. The molecule has 0 saturated heterocycles. The Balaban J connectivity index is 0.000000323. The summed E-state index contributed by atoms with van der Waals surface area (Å²) in [6.07, 6.45) is -14.3. The quantitative estimate of drug-likeness (QED) is 0.169. The second-order valence-electron chi connectivity index (χ2n) is 8.77. The topological polar surface area (TPSA) is 118 Å². The van der Waals surface area contributed by atoms with Gasteiger partial charge in [-0.1, -0.05) is 42.0 Å². The number of nitro benzene ring substituents is 1. The smallest absolute Gasteiger partial charge is 0.423 e. The Kier molecular flexibility index (Phi) is 12.3. The van der Waals surface area contributed by atoms with Gasteiger partial charge in [0.25, 0.3) is 5.69 Å². The molecule has 3 aromatic carbocycles. The zero-order valence-corrected chi connectivity index (χ0v) is 22.1. The second-order valence-corrected chi connectivity index (χ2v) is 8.77. The maximum absolute atomic E-state index is 12.3. The van der Waals surface area contributed by atoms with Crippen LogP contribution in [0.1, 0.15) is 38.9 Å². The van der Waals surface area contributed by atoms with E-state index in [4.69, 9.17) is 10.2 Å². The fourth-order valence-electron chi connectivity index (χ4n) is 3.47. The molecule has 0 aliphatic carbocycles. The Labute approximate surface area is 237 Å². The van der Waals surface area contributed by atoms with Gasteiger partial charge in [0.15, 0.2) is 0 Å². The van der Waals surface area contributed by atoms with Gasteiger partial charge in [-0.3, -0.25) is 19.7 Å². The zero-order chi connectivity index (χ0) is 33.3. The number of nitrogens with zero attached hydrogens (tertiary/aromatic N) is 1. The number of benzene rings is 3. The predicted molar refractivity (Wildman–Crippen MR) is 133 cm³/mol. The molecule has 0 spiro atoms. The molecule has 43 heavy (non-hydrogen) atoms. The molecule has 7 nitrogen and oxygen atoms in total. The number of nitro groups is 1. The van der Waals surface area contributed by atoms with Crippen LogP contribution in [0.25, 0.3) is 0 Å². The highest BCUT2D eigenvalue weighted by Gasteiger charge is 2.38. The highest BCUT2D eigenvalue weighted by Crippen LogP contribution is 2.37. The van der Waals surface area contributed by atoms with Crippen LogP contribution in [-0.2, 0) is 41.0 Å². The molecule has 0 heterocycles. The fourth-order valence-corrected chi connectivity index (χ4v) is 3.47. The van der Waals surface area contributed by atoms with Gasteiger partial charge in [-0.2, -0.15) is 39.5 Å². The van der Waals surface area contributed by atoms with E-state index in [-0.39, 0.29) is 16.7 Å². The maximum Gasteiger partial charge on any atom is 0.423 e. The Bertz CT molecular complexity index is 1450. The van der Waals surface area contributed by atoms with Crippen LogP contribution in [0.2, 0.25) is 0 Å². The van der Waals surface area contributed by atoms with E-state index in [9.17, 15) is 59.2 Å². The first-order valence-electron chi connectivity index (χ1n) is 11.6. The van der Waals surface area contributed by atoms with Gasteiger partial charge >= 0.3 is 30.5 Å². The van der Waals surface area contributed by atoms with Crippen molar-refractivity contribution in [2.45, 2.75) is 45.2 Å². The molecule has 0 amide bonds. The second kappa shape index (κ2) is 14.5. The number of para-hydroxylation sites is 1. The number of hydrogen-bond acceptors (Lipinski definition) is 4. The van der Waals surface area contributed by atoms with Crippen LogP contribution in [-0.4, -0.2) is 27.1 Å². The average molecular weight is 627 g/mol. The number of rotatable bonds is 5. The third kappa shape index (κ3) is 12.4. The minimum absolute atomic E-state index is 0.00447. The molecule has 2 N–H and O–H groups in total. The van der Waals surface area contributed by atoms with E-state index in [0.717, 1.165) is 30.3 Å². The van der Waals surface area contributed by atoms with Gasteiger partial charge in [-0.15, -0.1) is 0 Å². The van der Waals surface area contributed by atoms with Crippen molar-refractivity contribution in [3.8, 4) is 0 Å². The standard InChI is InChI=1S/C10H9F3O2.C9H7F3O2.C8H6F3NO2/c1-6-2-7(5-9(14)15)4-8(3-6)10(11,12)13;10-9(11,12)7-3-1-2-6(4-7)5-8(13)14;1-5-3-2-4-6(8(9,10)11)7(5)12(13)14/h2-4H,5H2,1H3,(H,14,15);1-4H,5H2,(H,13,14);2-4H,1H3. The van der Waals surface area contributed by atoms with E-state index in [1.54, 1.807) is 0 Å². The van der Waals surface area contributed by atoms with Crippen LogP contribution in [0.15, 0.2) is 60.7 Å². The van der Waals surface area contributed by atoms with Crippen LogP contribution >= 0.6 is 0 Å². The van der Waals surface area contributed by atoms with E-state index < -0.39 is 70.6 Å². The third-order valence-corrected chi connectivity index (χ3v) is 5.16. The molecule has 0 atom stereocenters. The molecule has 0 aliphatic rings. The van der Waals surface area contributed by atoms with Crippen LogP contribution in [0.4, 0.5) is 45.2 Å². The molecule has 0 bridgehead atoms. The predicted octanol–water partition coefficient (Wildman–Crippen LogP) is 7.90. The Morgan fingerprint density at radius 3 is 1.63 bits per heavy atom. The number of halogens is 9. The number of carboxylic acid groups (broad SMARTS) is 2. The van der Waals surface area contributed by atoms with Gasteiger partial charge in [-0.25, -0.2) is 0 Å². The lowest BCUT2D eigenvalue weighted by Crippen LogP contribution is -2.09. The average Bonchev–Trinajstić information content (AvgIpc) is 2.82. The number of carboxylic acids is 2. The van der Waals surface area contributed by atoms with Crippen LogP contribution < -0.4 is 0 Å². The lowest BCUT2D eigenvalue weighted by Gasteiger charge is -2.09. The molecule has 16 heteroatoms. The number of hydrogen-bond donors (Lipinski definition) is 2. The lowest BCUT2D eigenvalue weighted by atomic mass is 10.0. The summed E-state index contributed by atoms with van der Waals surface area (Å²) in [5, 5.41) is 27.2.